The van der Waals surface area contributed by atoms with Crippen molar-refractivity contribution in [3.05, 3.63) is 12.3 Å². The van der Waals surface area contributed by atoms with Crippen molar-refractivity contribution in [1.82, 2.24) is 4.53 Å². The van der Waals surface area contributed by atoms with Crippen molar-refractivity contribution in [2.75, 3.05) is 6.54 Å². The van der Waals surface area contributed by atoms with E-state index in [1.807, 2.05) is 0 Å². The summed E-state index contributed by atoms with van der Waals surface area (Å²) in [6.45, 7) is 0.0343. The summed E-state index contributed by atoms with van der Waals surface area (Å²) in [5.41, 5.74) is 0. The standard InChI is InChI=1S/C3H4FNO2S/c4-5-2-1-3-7-8(5)6/h1,3H,2H2. The monoisotopic (exact) mass is 137 g/mol. The van der Waals surface area contributed by atoms with Crippen molar-refractivity contribution in [3.8, 4) is 0 Å². The van der Waals surface area contributed by atoms with Crippen LogP contribution in [0.4, 0.5) is 4.48 Å². The van der Waals surface area contributed by atoms with Gasteiger partial charge < -0.3 is 4.18 Å². The molecule has 0 fully saturated rings. The maximum absolute atomic E-state index is 11.9. The van der Waals surface area contributed by atoms with E-state index in [4.69, 9.17) is 0 Å². The zero-order valence-electron chi connectivity index (χ0n) is 3.91. The Balaban J connectivity index is 2.57. The Bertz CT molecular complexity index is 137. The first-order valence-corrected chi connectivity index (χ1v) is 3.01. The van der Waals surface area contributed by atoms with Crippen LogP contribution in [0.5, 0.6) is 0 Å². The highest BCUT2D eigenvalue weighted by atomic mass is 32.2. The number of nitrogens with zero attached hydrogens (tertiary/aromatic N) is 1. The number of rotatable bonds is 0. The lowest BCUT2D eigenvalue weighted by molar-refractivity contribution is 0.143. The normalized spacial score (nSPS) is 29.9. The first kappa shape index (κ1) is 5.71. The first-order valence-electron chi connectivity index (χ1n) is 1.98. The van der Waals surface area contributed by atoms with E-state index in [1.54, 1.807) is 0 Å². The second-order valence-corrected chi connectivity index (χ2v) is 2.21. The molecule has 46 valence electrons. The fraction of sp³-hybridized carbons (Fsp3) is 0.333. The maximum atomic E-state index is 11.9. The minimum absolute atomic E-state index is 0.0343. The predicted octanol–water partition coefficient (Wildman–Crippen LogP) is 0.295. The third-order valence-electron chi connectivity index (χ3n) is 0.645. The Hall–Kier alpha value is -0.420. The summed E-state index contributed by atoms with van der Waals surface area (Å²) < 4.78 is 26.4. The Kier molecular flexibility index (Phi) is 1.59. The van der Waals surface area contributed by atoms with Crippen LogP contribution in [0.3, 0.4) is 0 Å². The Morgan fingerprint density at radius 3 is 3.00 bits per heavy atom. The van der Waals surface area contributed by atoms with Gasteiger partial charge in [-0.1, -0.05) is 0 Å². The van der Waals surface area contributed by atoms with E-state index in [2.05, 4.69) is 4.18 Å². The van der Waals surface area contributed by atoms with Crippen LogP contribution < -0.4 is 0 Å². The van der Waals surface area contributed by atoms with E-state index in [1.165, 1.54) is 12.3 Å². The van der Waals surface area contributed by atoms with Crippen LogP contribution in [0.2, 0.25) is 0 Å². The van der Waals surface area contributed by atoms with E-state index >= 15 is 0 Å². The highest BCUT2D eigenvalue weighted by molar-refractivity contribution is 7.77. The molecule has 1 unspecified atom stereocenters. The van der Waals surface area contributed by atoms with Crippen LogP contribution in [-0.2, 0) is 15.4 Å². The van der Waals surface area contributed by atoms with E-state index in [0.29, 0.717) is 0 Å². The van der Waals surface area contributed by atoms with Crippen LogP contribution in [0.25, 0.3) is 0 Å². The molecule has 0 saturated carbocycles. The van der Waals surface area contributed by atoms with E-state index in [0.717, 1.165) is 0 Å². The van der Waals surface area contributed by atoms with E-state index in [9.17, 15) is 8.69 Å². The van der Waals surface area contributed by atoms with Crippen molar-refractivity contribution in [2.45, 2.75) is 0 Å². The first-order chi connectivity index (χ1) is 3.80. The molecular formula is C3H4FNO2S. The molecule has 0 radical (unpaired) electrons. The van der Waals surface area contributed by atoms with Gasteiger partial charge in [0.05, 0.1) is 6.54 Å². The van der Waals surface area contributed by atoms with Gasteiger partial charge >= 0.3 is 11.3 Å². The molecule has 1 heterocycles. The SMILES string of the molecule is O=S1OC=CCN1F. The van der Waals surface area contributed by atoms with Crippen molar-refractivity contribution in [3.63, 3.8) is 0 Å². The van der Waals surface area contributed by atoms with Crippen molar-refractivity contribution < 1.29 is 12.9 Å². The smallest absolute Gasteiger partial charge is 0.319 e. The van der Waals surface area contributed by atoms with Crippen molar-refractivity contribution in [1.29, 1.82) is 0 Å². The molecule has 3 nitrogen and oxygen atoms in total. The summed E-state index contributed by atoms with van der Waals surface area (Å²) in [5, 5.41) is 0. The van der Waals surface area contributed by atoms with Gasteiger partial charge in [-0.3, -0.25) is 0 Å². The molecule has 1 aliphatic rings. The van der Waals surface area contributed by atoms with Crippen LogP contribution in [0, 0.1) is 0 Å². The third-order valence-corrected chi connectivity index (χ3v) is 1.39. The molecule has 0 aromatic heterocycles. The largest absolute Gasteiger partial charge is 0.396 e. The Morgan fingerprint density at radius 1 is 1.88 bits per heavy atom. The Morgan fingerprint density at radius 2 is 2.62 bits per heavy atom. The molecule has 8 heavy (non-hydrogen) atoms. The van der Waals surface area contributed by atoms with Crippen LogP contribution in [0.15, 0.2) is 12.3 Å². The topological polar surface area (TPSA) is 29.5 Å². The lowest BCUT2D eigenvalue weighted by Gasteiger charge is -2.09. The average Bonchev–Trinajstić information content (AvgIpc) is 1.77. The highest BCUT2D eigenvalue weighted by Crippen LogP contribution is 2.03. The lowest BCUT2D eigenvalue weighted by atomic mass is 10.6. The van der Waals surface area contributed by atoms with Gasteiger partial charge in [0.1, 0.15) is 6.26 Å². The van der Waals surface area contributed by atoms with E-state index in [-0.39, 0.29) is 11.1 Å². The van der Waals surface area contributed by atoms with Gasteiger partial charge in [0, 0.05) is 0 Å². The molecule has 0 aromatic carbocycles. The average molecular weight is 137 g/mol. The molecule has 1 atom stereocenters. The molecule has 0 aliphatic carbocycles. The molecule has 0 spiro atoms. The van der Waals surface area contributed by atoms with Gasteiger partial charge in [-0.05, 0) is 10.6 Å². The predicted molar refractivity (Wildman–Crippen MR) is 26.2 cm³/mol. The van der Waals surface area contributed by atoms with Gasteiger partial charge in [-0.2, -0.15) is 4.21 Å². The summed E-state index contributed by atoms with van der Waals surface area (Å²) in [4.78, 5) is 0. The fourth-order valence-electron chi connectivity index (χ4n) is 0.320. The van der Waals surface area contributed by atoms with Crippen molar-refractivity contribution in [2.24, 2.45) is 0 Å². The molecular weight excluding hydrogens is 133 g/mol. The van der Waals surface area contributed by atoms with Crippen LogP contribution in [0.1, 0.15) is 0 Å². The fourth-order valence-corrected chi connectivity index (χ4v) is 0.795. The second kappa shape index (κ2) is 2.23. The van der Waals surface area contributed by atoms with Gasteiger partial charge in [-0.15, -0.1) is 4.48 Å². The third kappa shape index (κ3) is 1.05. The van der Waals surface area contributed by atoms with Crippen LogP contribution >= 0.6 is 0 Å². The number of hydrogen-bond acceptors (Lipinski definition) is 2. The van der Waals surface area contributed by atoms with Gasteiger partial charge in [0.15, 0.2) is 0 Å². The Labute approximate surface area is 48.5 Å². The summed E-state index contributed by atoms with van der Waals surface area (Å²) in [5.74, 6) is 0. The second-order valence-electron chi connectivity index (χ2n) is 1.19. The summed E-state index contributed by atoms with van der Waals surface area (Å²) in [7, 11) is 0. The zero-order chi connectivity index (χ0) is 5.98. The zero-order valence-corrected chi connectivity index (χ0v) is 4.73. The number of halogens is 1. The number of hydrogen-bond donors (Lipinski definition) is 0. The molecule has 0 amide bonds. The van der Waals surface area contributed by atoms with Gasteiger partial charge in [0.2, 0.25) is 0 Å². The summed E-state index contributed by atoms with van der Waals surface area (Å²) in [6.07, 6.45) is 2.65. The molecule has 0 saturated heterocycles. The van der Waals surface area contributed by atoms with Gasteiger partial charge in [-0.25, -0.2) is 0 Å². The quantitative estimate of drug-likeness (QED) is 0.449. The summed E-state index contributed by atoms with van der Waals surface area (Å²) >= 11 is -1.91. The molecule has 0 aromatic rings. The lowest BCUT2D eigenvalue weighted by Crippen LogP contribution is -2.20. The molecule has 1 aliphatic heterocycles. The van der Waals surface area contributed by atoms with Gasteiger partial charge in [0.25, 0.3) is 0 Å². The minimum Gasteiger partial charge on any atom is -0.396 e. The maximum Gasteiger partial charge on any atom is 0.319 e. The molecule has 1 rings (SSSR count). The molecule has 5 heteroatoms. The molecule has 0 bridgehead atoms. The van der Waals surface area contributed by atoms with E-state index < -0.39 is 11.3 Å². The van der Waals surface area contributed by atoms with Crippen molar-refractivity contribution >= 4 is 11.3 Å². The molecule has 0 N–H and O–H groups in total. The van der Waals surface area contributed by atoms with Crippen LogP contribution in [-0.4, -0.2) is 15.3 Å². The minimum atomic E-state index is -1.91. The summed E-state index contributed by atoms with van der Waals surface area (Å²) in [6, 6.07) is 0. The highest BCUT2D eigenvalue weighted by Gasteiger charge is 2.13.